The molecular formula is C25H24N4O2S. The van der Waals surface area contributed by atoms with Gasteiger partial charge in [0.15, 0.2) is 17.3 Å². The first-order chi connectivity index (χ1) is 15.7. The first-order valence-corrected chi connectivity index (χ1v) is 10.8. The number of nitrogens with zero attached hydrogens (tertiary/aromatic N) is 3. The van der Waals surface area contributed by atoms with Crippen molar-refractivity contribution in [2.45, 2.75) is 26.6 Å². The third-order valence-corrected chi connectivity index (χ3v) is 5.06. The molecule has 0 unspecified atom stereocenters. The summed E-state index contributed by atoms with van der Waals surface area (Å²) in [6, 6.07) is 25.8. The zero-order chi connectivity index (χ0) is 22.2. The average molecular weight is 445 g/mol. The van der Waals surface area contributed by atoms with Gasteiger partial charge in [0.1, 0.15) is 13.2 Å². The number of hydrogen-bond acceptors (Lipinski definition) is 5. The molecule has 1 heterocycles. The van der Waals surface area contributed by atoms with E-state index in [0.29, 0.717) is 29.5 Å². The van der Waals surface area contributed by atoms with Gasteiger partial charge in [-0.25, -0.2) is 0 Å². The minimum absolute atomic E-state index is 0.440. The van der Waals surface area contributed by atoms with Crippen molar-refractivity contribution in [1.82, 2.24) is 14.9 Å². The Balaban J connectivity index is 1.57. The molecule has 162 valence electrons. The van der Waals surface area contributed by atoms with Crippen LogP contribution in [0.4, 0.5) is 0 Å². The van der Waals surface area contributed by atoms with Crippen LogP contribution in [-0.2, 0) is 19.6 Å². The molecule has 0 aliphatic carbocycles. The fourth-order valence-electron chi connectivity index (χ4n) is 3.10. The molecule has 6 nitrogen and oxygen atoms in total. The number of rotatable bonds is 9. The predicted molar refractivity (Wildman–Crippen MR) is 128 cm³/mol. The van der Waals surface area contributed by atoms with E-state index in [1.807, 2.05) is 85.8 Å². The number of aromatic nitrogens is 3. The molecule has 7 heteroatoms. The van der Waals surface area contributed by atoms with Gasteiger partial charge in [0.2, 0.25) is 4.77 Å². The van der Waals surface area contributed by atoms with Gasteiger partial charge in [-0.05, 0) is 47.1 Å². The molecule has 4 rings (SSSR count). The SMILES string of the molecule is CCc1n[nH]c(=S)n1N=Cc1ccc(OCc2ccccc2)c(OCc2ccccc2)c1. The van der Waals surface area contributed by atoms with E-state index in [0.717, 1.165) is 28.9 Å². The van der Waals surface area contributed by atoms with Crippen LogP contribution in [-0.4, -0.2) is 21.1 Å². The molecule has 0 amide bonds. The summed E-state index contributed by atoms with van der Waals surface area (Å²) < 4.78 is 14.3. The van der Waals surface area contributed by atoms with Crippen LogP contribution >= 0.6 is 12.2 Å². The van der Waals surface area contributed by atoms with Crippen molar-refractivity contribution in [3.8, 4) is 11.5 Å². The summed E-state index contributed by atoms with van der Waals surface area (Å²) in [5.41, 5.74) is 3.04. The van der Waals surface area contributed by atoms with Gasteiger partial charge in [-0.3, -0.25) is 5.10 Å². The second-order valence-electron chi connectivity index (χ2n) is 7.11. The number of benzene rings is 3. The van der Waals surface area contributed by atoms with Gasteiger partial charge in [-0.2, -0.15) is 14.9 Å². The summed E-state index contributed by atoms with van der Waals surface area (Å²) in [5, 5.41) is 11.4. The van der Waals surface area contributed by atoms with E-state index in [2.05, 4.69) is 15.3 Å². The maximum atomic E-state index is 6.13. The van der Waals surface area contributed by atoms with Gasteiger partial charge < -0.3 is 9.47 Å². The third-order valence-electron chi connectivity index (χ3n) is 4.80. The van der Waals surface area contributed by atoms with Crippen molar-refractivity contribution < 1.29 is 9.47 Å². The lowest BCUT2D eigenvalue weighted by molar-refractivity contribution is 0.256. The summed E-state index contributed by atoms with van der Waals surface area (Å²) in [5.74, 6) is 2.10. The van der Waals surface area contributed by atoms with Crippen molar-refractivity contribution in [3.63, 3.8) is 0 Å². The Labute approximate surface area is 192 Å². The first-order valence-electron chi connectivity index (χ1n) is 10.4. The summed E-state index contributed by atoms with van der Waals surface area (Å²) in [6.07, 6.45) is 2.46. The van der Waals surface area contributed by atoms with Crippen LogP contribution in [0.2, 0.25) is 0 Å². The van der Waals surface area contributed by atoms with E-state index in [-0.39, 0.29) is 0 Å². The standard InChI is InChI=1S/C25H24N4O2S/c1-2-24-27-28-25(32)29(24)26-16-21-13-14-22(30-17-19-9-5-3-6-10-19)23(15-21)31-18-20-11-7-4-8-12-20/h3-16H,2,17-18H2,1H3,(H,28,32). The summed E-state index contributed by atoms with van der Waals surface area (Å²) in [6.45, 7) is 2.90. The van der Waals surface area contributed by atoms with Crippen molar-refractivity contribution in [1.29, 1.82) is 0 Å². The van der Waals surface area contributed by atoms with Gasteiger partial charge in [0.05, 0.1) is 6.21 Å². The fourth-order valence-corrected chi connectivity index (χ4v) is 3.30. The monoisotopic (exact) mass is 444 g/mol. The maximum absolute atomic E-state index is 6.13. The van der Waals surface area contributed by atoms with Crippen molar-refractivity contribution in [2.75, 3.05) is 0 Å². The van der Waals surface area contributed by atoms with Crippen LogP contribution in [0.3, 0.4) is 0 Å². The predicted octanol–water partition coefficient (Wildman–Crippen LogP) is 5.54. The average Bonchev–Trinajstić information content (AvgIpc) is 3.21. The van der Waals surface area contributed by atoms with Gasteiger partial charge in [0.25, 0.3) is 0 Å². The van der Waals surface area contributed by atoms with Gasteiger partial charge in [0, 0.05) is 6.42 Å². The zero-order valence-corrected chi connectivity index (χ0v) is 18.6. The molecule has 0 radical (unpaired) electrons. The highest BCUT2D eigenvalue weighted by molar-refractivity contribution is 7.71. The Bertz CT molecular complexity index is 1230. The molecule has 0 saturated carbocycles. The van der Waals surface area contributed by atoms with Crippen molar-refractivity contribution in [2.24, 2.45) is 5.10 Å². The quantitative estimate of drug-likeness (QED) is 0.272. The lowest BCUT2D eigenvalue weighted by atomic mass is 10.2. The molecule has 0 fully saturated rings. The van der Waals surface area contributed by atoms with E-state index in [9.17, 15) is 0 Å². The highest BCUT2D eigenvalue weighted by Gasteiger charge is 2.08. The molecule has 32 heavy (non-hydrogen) atoms. The smallest absolute Gasteiger partial charge is 0.216 e. The molecule has 0 bridgehead atoms. The second kappa shape index (κ2) is 10.5. The molecule has 3 aromatic carbocycles. The van der Waals surface area contributed by atoms with Crippen LogP contribution in [0.1, 0.15) is 29.4 Å². The topological polar surface area (TPSA) is 64.4 Å². The van der Waals surface area contributed by atoms with E-state index in [1.165, 1.54) is 0 Å². The van der Waals surface area contributed by atoms with Crippen LogP contribution in [0.25, 0.3) is 0 Å². The molecule has 0 aliphatic heterocycles. The van der Waals surface area contributed by atoms with Gasteiger partial charge in [-0.1, -0.05) is 67.6 Å². The number of hydrogen-bond donors (Lipinski definition) is 1. The van der Waals surface area contributed by atoms with Crippen LogP contribution in [0.5, 0.6) is 11.5 Å². The van der Waals surface area contributed by atoms with E-state index >= 15 is 0 Å². The molecule has 1 aromatic heterocycles. The van der Waals surface area contributed by atoms with Gasteiger partial charge >= 0.3 is 0 Å². The summed E-state index contributed by atoms with van der Waals surface area (Å²) >= 11 is 5.26. The number of ether oxygens (including phenoxy) is 2. The highest BCUT2D eigenvalue weighted by Crippen LogP contribution is 2.29. The molecule has 0 atom stereocenters. The normalized spacial score (nSPS) is 11.0. The minimum atomic E-state index is 0.440. The first kappa shape index (κ1) is 21.5. The lowest BCUT2D eigenvalue weighted by Gasteiger charge is -2.14. The number of aromatic amines is 1. The van der Waals surface area contributed by atoms with Crippen LogP contribution < -0.4 is 9.47 Å². The summed E-state index contributed by atoms with van der Waals surface area (Å²) in [4.78, 5) is 0. The highest BCUT2D eigenvalue weighted by atomic mass is 32.1. The molecule has 0 saturated heterocycles. The Morgan fingerprint density at radius 2 is 1.53 bits per heavy atom. The van der Waals surface area contributed by atoms with E-state index in [1.54, 1.807) is 10.9 Å². The Kier molecular flexibility index (Phi) is 7.09. The third kappa shape index (κ3) is 5.50. The molecule has 4 aromatic rings. The Hall–Kier alpha value is -3.71. The van der Waals surface area contributed by atoms with Crippen molar-refractivity contribution >= 4 is 18.4 Å². The number of aryl methyl sites for hydroxylation is 1. The van der Waals surface area contributed by atoms with E-state index < -0.39 is 0 Å². The minimum Gasteiger partial charge on any atom is -0.485 e. The van der Waals surface area contributed by atoms with E-state index in [4.69, 9.17) is 21.7 Å². The zero-order valence-electron chi connectivity index (χ0n) is 17.8. The number of H-pyrrole nitrogens is 1. The molecule has 0 spiro atoms. The number of nitrogens with one attached hydrogen (secondary N) is 1. The maximum Gasteiger partial charge on any atom is 0.216 e. The van der Waals surface area contributed by atoms with Crippen LogP contribution in [0.15, 0.2) is 84.0 Å². The largest absolute Gasteiger partial charge is 0.485 e. The Morgan fingerprint density at radius 1 is 0.906 bits per heavy atom. The fraction of sp³-hybridized carbons (Fsp3) is 0.160. The molecule has 1 N–H and O–H groups in total. The molecule has 0 aliphatic rings. The molecular weight excluding hydrogens is 420 g/mol. The van der Waals surface area contributed by atoms with Crippen molar-refractivity contribution in [3.05, 3.63) is 106 Å². The Morgan fingerprint density at radius 3 is 2.16 bits per heavy atom. The lowest BCUT2D eigenvalue weighted by Crippen LogP contribution is -2.02. The van der Waals surface area contributed by atoms with Gasteiger partial charge in [-0.15, -0.1) is 0 Å². The second-order valence-corrected chi connectivity index (χ2v) is 7.50. The van der Waals surface area contributed by atoms with Crippen LogP contribution in [0, 0.1) is 4.77 Å². The summed E-state index contributed by atoms with van der Waals surface area (Å²) in [7, 11) is 0.